The molecule has 0 radical (unpaired) electrons. The summed E-state index contributed by atoms with van der Waals surface area (Å²) in [6.07, 6.45) is 6.21. The molecule has 0 bridgehead atoms. The Kier molecular flexibility index (Phi) is 8.11. The van der Waals surface area contributed by atoms with Gasteiger partial charge in [0.25, 0.3) is 5.91 Å². The Balaban J connectivity index is 1.72. The van der Waals surface area contributed by atoms with Crippen molar-refractivity contribution in [2.45, 2.75) is 32.5 Å². The Morgan fingerprint density at radius 1 is 1.00 bits per heavy atom. The van der Waals surface area contributed by atoms with Crippen LogP contribution in [0.1, 0.15) is 40.9 Å². The number of nitrogens with one attached hydrogen (secondary N) is 1. The van der Waals surface area contributed by atoms with Crippen LogP contribution in [0.3, 0.4) is 0 Å². The molecule has 0 spiro atoms. The summed E-state index contributed by atoms with van der Waals surface area (Å²) in [5.74, 6) is -0.627. The Hall–Kier alpha value is -3.06. The number of hydrogen-bond acceptors (Lipinski definition) is 5. The molecule has 6 nitrogen and oxygen atoms in total. The van der Waals surface area contributed by atoms with Crippen molar-refractivity contribution in [1.82, 2.24) is 15.3 Å². The summed E-state index contributed by atoms with van der Waals surface area (Å²) in [6, 6.07) is 16.2. The molecule has 1 amide bonds. The van der Waals surface area contributed by atoms with E-state index < -0.39 is 5.91 Å². The maximum atomic E-state index is 13.0. The number of amides is 1. The second-order valence-electron chi connectivity index (χ2n) is 8.39. The van der Waals surface area contributed by atoms with Crippen LogP contribution in [-0.4, -0.2) is 58.9 Å². The summed E-state index contributed by atoms with van der Waals surface area (Å²) in [4.78, 5) is 29.0. The number of benzene rings is 2. The Bertz CT molecular complexity index is 1000. The average Bonchev–Trinajstić information content (AvgIpc) is 2.80. The van der Waals surface area contributed by atoms with Crippen LogP contribution < -0.4 is 5.48 Å². The molecule has 0 aromatic heterocycles. The summed E-state index contributed by atoms with van der Waals surface area (Å²) in [5.41, 5.74) is 4.96. The lowest BCUT2D eigenvalue weighted by Gasteiger charge is -2.42. The molecule has 168 valence electrons. The molecule has 2 N–H and O–H groups in total. The van der Waals surface area contributed by atoms with Gasteiger partial charge in [0.2, 0.25) is 0 Å². The van der Waals surface area contributed by atoms with Crippen LogP contribution in [0.4, 0.5) is 0 Å². The van der Waals surface area contributed by atoms with Gasteiger partial charge in [-0.2, -0.15) is 0 Å². The topological polar surface area (TPSA) is 72.9 Å². The minimum atomic E-state index is -0.595. The number of likely N-dealkylation sites (N-methyl/N-ethyl adjacent to an activating group) is 1. The van der Waals surface area contributed by atoms with Crippen molar-refractivity contribution in [3.8, 4) is 0 Å². The predicted octanol–water partition coefficient (Wildman–Crippen LogP) is 3.63. The fraction of sp³-hybridized carbons (Fsp3) is 0.308. The Morgan fingerprint density at radius 2 is 1.62 bits per heavy atom. The lowest BCUT2D eigenvalue weighted by Crippen LogP contribution is -2.54. The first kappa shape index (κ1) is 23.6. The van der Waals surface area contributed by atoms with Crippen LogP contribution in [0.25, 0.3) is 12.2 Å². The van der Waals surface area contributed by atoms with Crippen LogP contribution in [-0.2, 0) is 11.3 Å². The first-order valence-corrected chi connectivity index (χ1v) is 10.8. The van der Waals surface area contributed by atoms with Crippen LogP contribution in [0.5, 0.6) is 0 Å². The largest absolute Gasteiger partial charge is 0.298 e. The van der Waals surface area contributed by atoms with Gasteiger partial charge in [-0.05, 0) is 55.8 Å². The number of hydrogen-bond donors (Lipinski definition) is 2. The molecule has 6 heteroatoms. The van der Waals surface area contributed by atoms with Crippen molar-refractivity contribution in [3.63, 3.8) is 0 Å². The molecule has 1 aliphatic rings. The maximum Gasteiger partial charge on any atom is 0.267 e. The summed E-state index contributed by atoms with van der Waals surface area (Å²) in [5, 5.41) is 8.58. The van der Waals surface area contributed by atoms with E-state index in [4.69, 9.17) is 5.21 Å². The van der Waals surface area contributed by atoms with E-state index in [9.17, 15) is 9.59 Å². The van der Waals surface area contributed by atoms with Gasteiger partial charge in [-0.25, -0.2) is 5.48 Å². The van der Waals surface area contributed by atoms with Crippen molar-refractivity contribution in [2.24, 2.45) is 0 Å². The van der Waals surface area contributed by atoms with E-state index in [1.807, 2.05) is 48.5 Å². The highest BCUT2D eigenvalue weighted by Crippen LogP contribution is 2.19. The van der Waals surface area contributed by atoms with Crippen molar-refractivity contribution >= 4 is 23.8 Å². The smallest absolute Gasteiger partial charge is 0.267 e. The fourth-order valence-electron chi connectivity index (χ4n) is 4.02. The monoisotopic (exact) mass is 433 g/mol. The second kappa shape index (κ2) is 11.0. The molecule has 0 unspecified atom stereocenters. The number of ketones is 1. The SMILES string of the molecule is C[C@@H]1CN(Cc2ccccc2C(=O)/C=C/c2cccc(/C=C/C(=O)NO)c2)C[C@H](C)N1C. The van der Waals surface area contributed by atoms with E-state index in [0.717, 1.165) is 41.9 Å². The molecule has 0 aliphatic carbocycles. The average molecular weight is 434 g/mol. The Morgan fingerprint density at radius 3 is 2.28 bits per heavy atom. The molecule has 2 aromatic rings. The molecule has 32 heavy (non-hydrogen) atoms. The molecule has 1 heterocycles. The number of carbonyl (C=O) groups is 2. The van der Waals surface area contributed by atoms with Crippen LogP contribution >= 0.6 is 0 Å². The lowest BCUT2D eigenvalue weighted by atomic mass is 10.0. The number of carbonyl (C=O) groups excluding carboxylic acids is 2. The standard InChI is InChI=1S/C26H31N3O3/c1-19-16-29(17-20(2)28(19)3)18-23-9-4-5-10-24(23)25(30)13-11-21-7-6-8-22(15-21)12-14-26(31)27-32/h4-15,19-20,32H,16-18H2,1-3H3,(H,27,31)/b13-11+,14-12+/t19-,20+. The highest BCUT2D eigenvalue weighted by molar-refractivity contribution is 6.07. The van der Waals surface area contributed by atoms with E-state index in [1.165, 1.54) is 6.08 Å². The van der Waals surface area contributed by atoms with Crippen molar-refractivity contribution in [3.05, 3.63) is 82.9 Å². The first-order chi connectivity index (χ1) is 15.4. The number of allylic oxidation sites excluding steroid dienone is 1. The number of rotatable bonds is 7. The highest BCUT2D eigenvalue weighted by Gasteiger charge is 2.26. The molecule has 2 atom stereocenters. The molecule has 1 saturated heterocycles. The van der Waals surface area contributed by atoms with Gasteiger partial charge < -0.3 is 0 Å². The Labute approximate surface area is 189 Å². The third kappa shape index (κ3) is 6.23. The summed E-state index contributed by atoms with van der Waals surface area (Å²) in [6.45, 7) is 7.19. The summed E-state index contributed by atoms with van der Waals surface area (Å²) >= 11 is 0. The van der Waals surface area contributed by atoms with Gasteiger partial charge >= 0.3 is 0 Å². The fourth-order valence-corrected chi connectivity index (χ4v) is 4.02. The third-order valence-corrected chi connectivity index (χ3v) is 5.99. The van der Waals surface area contributed by atoms with Crippen LogP contribution in [0, 0.1) is 0 Å². The summed E-state index contributed by atoms with van der Waals surface area (Å²) < 4.78 is 0. The molecule has 3 rings (SSSR count). The number of nitrogens with zero attached hydrogens (tertiary/aromatic N) is 2. The van der Waals surface area contributed by atoms with E-state index >= 15 is 0 Å². The van der Waals surface area contributed by atoms with Crippen LogP contribution in [0.15, 0.2) is 60.7 Å². The zero-order valence-electron chi connectivity index (χ0n) is 18.9. The lowest BCUT2D eigenvalue weighted by molar-refractivity contribution is -0.124. The van der Waals surface area contributed by atoms with Gasteiger partial charge in [-0.1, -0.05) is 48.5 Å². The van der Waals surface area contributed by atoms with E-state index in [0.29, 0.717) is 12.1 Å². The van der Waals surface area contributed by atoms with Crippen molar-refractivity contribution < 1.29 is 14.8 Å². The third-order valence-electron chi connectivity index (χ3n) is 5.99. The maximum absolute atomic E-state index is 13.0. The normalized spacial score (nSPS) is 20.1. The molecular formula is C26H31N3O3. The van der Waals surface area contributed by atoms with Gasteiger partial charge in [0, 0.05) is 43.4 Å². The zero-order valence-corrected chi connectivity index (χ0v) is 18.9. The van der Waals surface area contributed by atoms with Crippen molar-refractivity contribution in [2.75, 3.05) is 20.1 Å². The zero-order chi connectivity index (χ0) is 23.1. The molecular weight excluding hydrogens is 402 g/mol. The van der Waals surface area contributed by atoms with Crippen molar-refractivity contribution in [1.29, 1.82) is 0 Å². The van der Waals surface area contributed by atoms with E-state index in [2.05, 4.69) is 30.7 Å². The highest BCUT2D eigenvalue weighted by atomic mass is 16.5. The van der Waals surface area contributed by atoms with Gasteiger partial charge in [-0.15, -0.1) is 0 Å². The first-order valence-electron chi connectivity index (χ1n) is 10.8. The summed E-state index contributed by atoms with van der Waals surface area (Å²) in [7, 11) is 2.17. The van der Waals surface area contributed by atoms with E-state index in [-0.39, 0.29) is 5.78 Å². The quantitative estimate of drug-likeness (QED) is 0.302. The minimum absolute atomic E-state index is 0.0311. The molecule has 1 fully saturated rings. The second-order valence-corrected chi connectivity index (χ2v) is 8.39. The van der Waals surface area contributed by atoms with Gasteiger partial charge in [0.05, 0.1) is 0 Å². The number of hydroxylamine groups is 1. The van der Waals surface area contributed by atoms with Gasteiger partial charge in [-0.3, -0.25) is 24.6 Å². The minimum Gasteiger partial charge on any atom is -0.298 e. The molecule has 1 aliphatic heterocycles. The van der Waals surface area contributed by atoms with Gasteiger partial charge in [0.1, 0.15) is 0 Å². The van der Waals surface area contributed by atoms with Gasteiger partial charge in [0.15, 0.2) is 5.78 Å². The molecule has 2 aromatic carbocycles. The molecule has 0 saturated carbocycles. The van der Waals surface area contributed by atoms with E-state index in [1.54, 1.807) is 23.7 Å². The van der Waals surface area contributed by atoms with Crippen LogP contribution in [0.2, 0.25) is 0 Å². The predicted molar refractivity (Wildman–Crippen MR) is 127 cm³/mol. The number of piperazine rings is 1.